The monoisotopic (exact) mass is 452 g/mol. The summed E-state index contributed by atoms with van der Waals surface area (Å²) in [6.07, 6.45) is 7.84. The third-order valence-electron chi connectivity index (χ3n) is 7.25. The van der Waals surface area contributed by atoms with Crippen molar-refractivity contribution in [1.82, 2.24) is 19.4 Å². The van der Waals surface area contributed by atoms with Crippen molar-refractivity contribution in [2.75, 3.05) is 20.1 Å². The molecule has 6 heteroatoms. The van der Waals surface area contributed by atoms with Crippen LogP contribution >= 0.6 is 12.4 Å². The molecule has 0 bridgehead atoms. The van der Waals surface area contributed by atoms with E-state index in [0.717, 1.165) is 53.7 Å². The Balaban J connectivity index is 0.00000245. The lowest BCUT2D eigenvalue weighted by molar-refractivity contribution is 0.0726. The van der Waals surface area contributed by atoms with Gasteiger partial charge >= 0.3 is 0 Å². The largest absolute Gasteiger partial charge is 0.337 e. The number of hydrogen-bond donors (Lipinski definition) is 0. The number of carbonyl (C=O) groups excluding carboxylic acids is 1. The van der Waals surface area contributed by atoms with Gasteiger partial charge in [0.15, 0.2) is 0 Å². The molecule has 1 amide bonds. The van der Waals surface area contributed by atoms with Crippen molar-refractivity contribution in [2.24, 2.45) is 0 Å². The zero-order valence-corrected chi connectivity index (χ0v) is 19.9. The first kappa shape index (κ1) is 22.8. The number of halogens is 1. The van der Waals surface area contributed by atoms with Gasteiger partial charge in [-0.1, -0.05) is 31.4 Å². The smallest absolute Gasteiger partial charge is 0.253 e. The fourth-order valence-electron chi connectivity index (χ4n) is 5.46. The van der Waals surface area contributed by atoms with Crippen molar-refractivity contribution in [2.45, 2.75) is 57.5 Å². The predicted octanol–water partition coefficient (Wildman–Crippen LogP) is 5.23. The first-order chi connectivity index (χ1) is 15.1. The van der Waals surface area contributed by atoms with E-state index in [1.54, 1.807) is 0 Å². The van der Waals surface area contributed by atoms with E-state index in [1.165, 1.54) is 32.1 Å². The summed E-state index contributed by atoms with van der Waals surface area (Å²) in [7, 11) is 1.97. The maximum absolute atomic E-state index is 13.2. The Hall–Kier alpha value is -2.37. The van der Waals surface area contributed by atoms with Crippen LogP contribution in [-0.4, -0.2) is 57.5 Å². The highest BCUT2D eigenvalue weighted by molar-refractivity contribution is 5.94. The summed E-state index contributed by atoms with van der Waals surface area (Å²) in [5.41, 5.74) is 3.87. The minimum Gasteiger partial charge on any atom is -0.337 e. The molecule has 1 saturated carbocycles. The van der Waals surface area contributed by atoms with Gasteiger partial charge in [-0.2, -0.15) is 0 Å². The molecule has 2 aliphatic rings. The number of rotatable bonds is 4. The standard InChI is InChI=1S/C26H32N4O.ClH/c1-19-27-24-10-6-7-11-25(24)30(19)22-14-12-20(13-15-22)26(31)28(2)23-16-17-29(18-23)21-8-4-3-5-9-21;/h6-7,10-15,21,23H,3-5,8-9,16-18H2,1-2H3;1H/t23-;/m1./s1. The molecule has 1 saturated heterocycles. The van der Waals surface area contributed by atoms with Crippen LogP contribution in [-0.2, 0) is 0 Å². The number of nitrogens with zero attached hydrogens (tertiary/aromatic N) is 4. The van der Waals surface area contributed by atoms with E-state index in [9.17, 15) is 4.79 Å². The zero-order chi connectivity index (χ0) is 21.4. The van der Waals surface area contributed by atoms with E-state index in [4.69, 9.17) is 0 Å². The van der Waals surface area contributed by atoms with Crippen LogP contribution in [0.5, 0.6) is 0 Å². The summed E-state index contributed by atoms with van der Waals surface area (Å²) < 4.78 is 2.15. The maximum Gasteiger partial charge on any atom is 0.253 e. The van der Waals surface area contributed by atoms with Crippen LogP contribution in [0.2, 0.25) is 0 Å². The molecule has 3 aromatic rings. The number of aryl methyl sites for hydroxylation is 1. The highest BCUT2D eigenvalue weighted by Crippen LogP contribution is 2.28. The molecule has 0 spiro atoms. The molecular formula is C26H33ClN4O. The summed E-state index contributed by atoms with van der Waals surface area (Å²) in [5.74, 6) is 1.07. The molecule has 170 valence electrons. The normalized spacial score (nSPS) is 19.8. The highest BCUT2D eigenvalue weighted by Gasteiger charge is 2.32. The van der Waals surface area contributed by atoms with E-state index >= 15 is 0 Å². The van der Waals surface area contributed by atoms with E-state index in [1.807, 2.05) is 61.3 Å². The maximum atomic E-state index is 13.2. The molecule has 2 aromatic carbocycles. The number of likely N-dealkylation sites (N-methyl/N-ethyl adjacent to an activating group) is 1. The molecule has 2 heterocycles. The lowest BCUT2D eigenvalue weighted by atomic mass is 9.94. The molecular weight excluding hydrogens is 420 g/mol. The number of likely N-dealkylation sites (tertiary alicyclic amines) is 1. The summed E-state index contributed by atoms with van der Waals surface area (Å²) >= 11 is 0. The van der Waals surface area contributed by atoms with Gasteiger partial charge in [0.25, 0.3) is 5.91 Å². The summed E-state index contributed by atoms with van der Waals surface area (Å²) in [6.45, 7) is 4.16. The summed E-state index contributed by atoms with van der Waals surface area (Å²) in [5, 5.41) is 0. The number of aromatic nitrogens is 2. The van der Waals surface area contributed by atoms with Crippen LogP contribution in [0.3, 0.4) is 0 Å². The number of carbonyl (C=O) groups is 1. The second kappa shape index (κ2) is 9.63. The van der Waals surface area contributed by atoms with Crippen molar-refractivity contribution >= 4 is 29.3 Å². The van der Waals surface area contributed by atoms with Crippen molar-refractivity contribution in [3.8, 4) is 5.69 Å². The molecule has 0 unspecified atom stereocenters. The van der Waals surface area contributed by atoms with Crippen molar-refractivity contribution in [1.29, 1.82) is 0 Å². The Morgan fingerprint density at radius 2 is 1.72 bits per heavy atom. The van der Waals surface area contributed by atoms with Gasteiger partial charge in [-0.25, -0.2) is 4.98 Å². The molecule has 1 aliphatic carbocycles. The van der Waals surface area contributed by atoms with Crippen LogP contribution in [0, 0.1) is 6.92 Å². The van der Waals surface area contributed by atoms with E-state index < -0.39 is 0 Å². The van der Waals surface area contributed by atoms with E-state index in [0.29, 0.717) is 6.04 Å². The Labute approximate surface area is 196 Å². The van der Waals surface area contributed by atoms with Crippen LogP contribution in [0.15, 0.2) is 48.5 Å². The number of hydrogen-bond acceptors (Lipinski definition) is 3. The van der Waals surface area contributed by atoms with Gasteiger partial charge in [0.05, 0.1) is 11.0 Å². The Morgan fingerprint density at radius 1 is 1.00 bits per heavy atom. The van der Waals surface area contributed by atoms with Gasteiger partial charge in [0, 0.05) is 43.5 Å². The van der Waals surface area contributed by atoms with Crippen LogP contribution in [0.4, 0.5) is 0 Å². The van der Waals surface area contributed by atoms with Gasteiger partial charge in [-0.3, -0.25) is 14.3 Å². The number of amides is 1. The van der Waals surface area contributed by atoms with Crippen molar-refractivity contribution < 1.29 is 4.79 Å². The molecule has 1 atom stereocenters. The van der Waals surface area contributed by atoms with Gasteiger partial charge in [-0.05, 0) is 62.6 Å². The van der Waals surface area contributed by atoms with Gasteiger partial charge in [0.1, 0.15) is 5.82 Å². The first-order valence-electron chi connectivity index (χ1n) is 11.7. The number of benzene rings is 2. The topological polar surface area (TPSA) is 41.4 Å². The van der Waals surface area contributed by atoms with Gasteiger partial charge in [-0.15, -0.1) is 12.4 Å². The van der Waals surface area contributed by atoms with Crippen molar-refractivity contribution in [3.63, 3.8) is 0 Å². The Kier molecular flexibility index (Phi) is 6.87. The fraction of sp³-hybridized carbons (Fsp3) is 0.462. The molecule has 1 aliphatic heterocycles. The molecule has 0 radical (unpaired) electrons. The second-order valence-corrected chi connectivity index (χ2v) is 9.18. The average molecular weight is 453 g/mol. The predicted molar refractivity (Wildman–Crippen MR) is 132 cm³/mol. The molecule has 5 nitrogen and oxygen atoms in total. The summed E-state index contributed by atoms with van der Waals surface area (Å²) in [4.78, 5) is 22.4. The third-order valence-corrected chi connectivity index (χ3v) is 7.25. The summed E-state index contributed by atoms with van der Waals surface area (Å²) in [6, 6.07) is 17.2. The second-order valence-electron chi connectivity index (χ2n) is 9.18. The minimum absolute atomic E-state index is 0. The van der Waals surface area contributed by atoms with Crippen molar-refractivity contribution in [3.05, 3.63) is 59.9 Å². The molecule has 32 heavy (non-hydrogen) atoms. The molecule has 2 fully saturated rings. The number of para-hydroxylation sites is 2. The SMILES string of the molecule is Cc1nc2ccccc2n1-c1ccc(C(=O)N(C)[C@@H]2CCN(C3CCCCC3)C2)cc1.Cl. The number of imidazole rings is 1. The lowest BCUT2D eigenvalue weighted by Crippen LogP contribution is -2.41. The Morgan fingerprint density at radius 3 is 2.47 bits per heavy atom. The van der Waals surface area contributed by atoms with E-state index in [-0.39, 0.29) is 18.3 Å². The quantitative estimate of drug-likeness (QED) is 0.544. The highest BCUT2D eigenvalue weighted by atomic mass is 35.5. The van der Waals surface area contributed by atoms with Crippen LogP contribution < -0.4 is 0 Å². The van der Waals surface area contributed by atoms with Gasteiger partial charge < -0.3 is 4.90 Å². The molecule has 5 rings (SSSR count). The van der Waals surface area contributed by atoms with Gasteiger partial charge in [0.2, 0.25) is 0 Å². The lowest BCUT2D eigenvalue weighted by Gasteiger charge is -2.32. The fourth-order valence-corrected chi connectivity index (χ4v) is 5.46. The third kappa shape index (κ3) is 4.28. The minimum atomic E-state index is 0. The van der Waals surface area contributed by atoms with Crippen LogP contribution in [0.25, 0.3) is 16.7 Å². The Bertz CT molecular complexity index is 1070. The average Bonchev–Trinajstić information content (AvgIpc) is 3.43. The molecule has 1 aromatic heterocycles. The molecule has 0 N–H and O–H groups in total. The van der Waals surface area contributed by atoms with Crippen LogP contribution in [0.1, 0.15) is 54.7 Å². The first-order valence-corrected chi connectivity index (χ1v) is 11.7. The van der Waals surface area contributed by atoms with E-state index in [2.05, 4.69) is 20.5 Å². The number of fused-ring (bicyclic) bond motifs is 1. The zero-order valence-electron chi connectivity index (χ0n) is 19.0.